The summed E-state index contributed by atoms with van der Waals surface area (Å²) in [6.07, 6.45) is 5.91. The number of ether oxygens (including phenoxy) is 1. The monoisotopic (exact) mass is 329 g/mol. The molecular weight excluding hydrogens is 310 g/mol. The number of hydrogen-bond acceptors (Lipinski definition) is 5. The van der Waals surface area contributed by atoms with E-state index < -0.39 is 0 Å². The third kappa shape index (κ3) is 2.47. The molecule has 1 saturated heterocycles. The predicted molar refractivity (Wildman–Crippen MR) is 85.2 cm³/mol. The molecule has 0 N–H and O–H groups in total. The standard InChI is InChI=1S/C16H19N5O3/c1-19-8-12(14(24-2)5-15(19)22)16(23)20-6-11(7-20)21-9-13(17-18-21)10-3-4-10/h5,8-11H,3-4,6-7H2,1-2H3. The molecule has 0 bridgehead atoms. The maximum Gasteiger partial charge on any atom is 0.259 e. The number of aryl methyl sites for hydroxylation is 1. The van der Waals surface area contributed by atoms with Crippen LogP contribution in [-0.4, -0.2) is 50.6 Å². The van der Waals surface area contributed by atoms with Crippen molar-refractivity contribution in [3.63, 3.8) is 0 Å². The van der Waals surface area contributed by atoms with Gasteiger partial charge in [-0.15, -0.1) is 5.10 Å². The summed E-state index contributed by atoms with van der Waals surface area (Å²) in [5.74, 6) is 0.746. The highest BCUT2D eigenvalue weighted by Gasteiger charge is 2.35. The van der Waals surface area contributed by atoms with Gasteiger partial charge in [0.15, 0.2) is 0 Å². The molecule has 1 aliphatic carbocycles. The minimum Gasteiger partial charge on any atom is -0.496 e. The number of amides is 1. The van der Waals surface area contributed by atoms with Crippen molar-refractivity contribution in [2.45, 2.75) is 24.8 Å². The van der Waals surface area contributed by atoms with Gasteiger partial charge in [0.2, 0.25) is 0 Å². The second-order valence-corrected chi connectivity index (χ2v) is 6.47. The number of likely N-dealkylation sites (tertiary alicyclic amines) is 1. The largest absolute Gasteiger partial charge is 0.496 e. The van der Waals surface area contributed by atoms with Crippen molar-refractivity contribution in [2.75, 3.05) is 20.2 Å². The van der Waals surface area contributed by atoms with Crippen LogP contribution in [0, 0.1) is 0 Å². The Labute approximate surface area is 138 Å². The van der Waals surface area contributed by atoms with Crippen LogP contribution in [0.25, 0.3) is 0 Å². The number of nitrogens with zero attached hydrogens (tertiary/aromatic N) is 5. The summed E-state index contributed by atoms with van der Waals surface area (Å²) in [5, 5.41) is 8.39. The third-order valence-corrected chi connectivity index (χ3v) is 4.69. The summed E-state index contributed by atoms with van der Waals surface area (Å²) >= 11 is 0. The highest BCUT2D eigenvalue weighted by Crippen LogP contribution is 2.39. The minimum atomic E-state index is -0.208. The lowest BCUT2D eigenvalue weighted by Crippen LogP contribution is -2.51. The second-order valence-electron chi connectivity index (χ2n) is 6.47. The van der Waals surface area contributed by atoms with Crippen molar-refractivity contribution in [2.24, 2.45) is 7.05 Å². The van der Waals surface area contributed by atoms with E-state index in [9.17, 15) is 9.59 Å². The van der Waals surface area contributed by atoms with Crippen LogP contribution in [0.4, 0.5) is 0 Å². The van der Waals surface area contributed by atoms with E-state index in [-0.39, 0.29) is 17.5 Å². The number of methoxy groups -OCH3 is 1. The topological polar surface area (TPSA) is 82.2 Å². The van der Waals surface area contributed by atoms with Crippen LogP contribution in [0.2, 0.25) is 0 Å². The van der Waals surface area contributed by atoms with Crippen LogP contribution >= 0.6 is 0 Å². The Bertz CT molecular complexity index is 846. The van der Waals surface area contributed by atoms with Gasteiger partial charge >= 0.3 is 0 Å². The first-order valence-electron chi connectivity index (χ1n) is 8.02. The first kappa shape index (κ1) is 14.9. The van der Waals surface area contributed by atoms with E-state index in [1.807, 2.05) is 10.9 Å². The Morgan fingerprint density at radius 3 is 2.71 bits per heavy atom. The predicted octanol–water partition coefficient (Wildman–Crippen LogP) is 0.560. The highest BCUT2D eigenvalue weighted by atomic mass is 16.5. The number of carbonyl (C=O) groups excluding carboxylic acids is 1. The summed E-state index contributed by atoms with van der Waals surface area (Å²) < 4.78 is 8.42. The zero-order valence-corrected chi connectivity index (χ0v) is 13.7. The molecule has 2 aliphatic rings. The van der Waals surface area contributed by atoms with Crippen molar-refractivity contribution in [3.8, 4) is 5.75 Å². The molecule has 2 aromatic heterocycles. The number of aromatic nitrogens is 4. The van der Waals surface area contributed by atoms with E-state index in [1.54, 1.807) is 11.9 Å². The summed E-state index contributed by atoms with van der Waals surface area (Å²) in [5.41, 5.74) is 1.25. The maximum atomic E-state index is 12.7. The molecule has 2 aromatic rings. The quantitative estimate of drug-likeness (QED) is 0.818. The average molecular weight is 329 g/mol. The molecule has 1 saturated carbocycles. The highest BCUT2D eigenvalue weighted by molar-refractivity contribution is 5.97. The van der Waals surface area contributed by atoms with Crippen LogP contribution in [0.5, 0.6) is 5.75 Å². The number of pyridine rings is 1. The Kier molecular flexibility index (Phi) is 3.40. The summed E-state index contributed by atoms with van der Waals surface area (Å²) in [4.78, 5) is 26.0. The Morgan fingerprint density at radius 1 is 1.29 bits per heavy atom. The fourth-order valence-electron chi connectivity index (χ4n) is 2.94. The zero-order chi connectivity index (χ0) is 16.8. The molecular formula is C16H19N5O3. The Morgan fingerprint density at radius 2 is 2.04 bits per heavy atom. The van der Waals surface area contributed by atoms with Gasteiger partial charge in [-0.1, -0.05) is 5.21 Å². The van der Waals surface area contributed by atoms with Crippen LogP contribution in [0.3, 0.4) is 0 Å². The van der Waals surface area contributed by atoms with Crippen LogP contribution in [-0.2, 0) is 7.05 Å². The second kappa shape index (κ2) is 5.47. The van der Waals surface area contributed by atoms with Crippen LogP contribution in [0.1, 0.15) is 40.9 Å². The molecule has 0 spiro atoms. The van der Waals surface area contributed by atoms with E-state index in [4.69, 9.17) is 4.74 Å². The van der Waals surface area contributed by atoms with Crippen LogP contribution < -0.4 is 10.3 Å². The van der Waals surface area contributed by atoms with Crippen molar-refractivity contribution in [1.29, 1.82) is 0 Å². The van der Waals surface area contributed by atoms with Crippen molar-refractivity contribution >= 4 is 5.91 Å². The lowest BCUT2D eigenvalue weighted by atomic mass is 10.1. The van der Waals surface area contributed by atoms with Crippen molar-refractivity contribution in [1.82, 2.24) is 24.5 Å². The Hall–Kier alpha value is -2.64. The third-order valence-electron chi connectivity index (χ3n) is 4.69. The zero-order valence-electron chi connectivity index (χ0n) is 13.7. The molecule has 24 heavy (non-hydrogen) atoms. The lowest BCUT2D eigenvalue weighted by Gasteiger charge is -2.39. The van der Waals surface area contributed by atoms with E-state index in [0.717, 1.165) is 5.69 Å². The lowest BCUT2D eigenvalue weighted by molar-refractivity contribution is 0.0494. The first-order chi connectivity index (χ1) is 11.6. The van der Waals surface area contributed by atoms with Crippen molar-refractivity contribution < 1.29 is 9.53 Å². The average Bonchev–Trinajstić information content (AvgIpc) is 3.27. The molecule has 4 rings (SSSR count). The van der Waals surface area contributed by atoms with Gasteiger partial charge in [-0.05, 0) is 12.8 Å². The molecule has 126 valence electrons. The van der Waals surface area contributed by atoms with Gasteiger partial charge in [0.25, 0.3) is 11.5 Å². The van der Waals surface area contributed by atoms with Gasteiger partial charge in [0.05, 0.1) is 24.4 Å². The molecule has 1 aliphatic heterocycles. The van der Waals surface area contributed by atoms with Crippen molar-refractivity contribution in [3.05, 3.63) is 40.1 Å². The number of rotatable bonds is 4. The molecule has 0 radical (unpaired) electrons. The summed E-state index contributed by atoms with van der Waals surface area (Å²) in [7, 11) is 3.07. The van der Waals surface area contributed by atoms with Gasteiger partial charge in [0.1, 0.15) is 5.75 Å². The fourth-order valence-corrected chi connectivity index (χ4v) is 2.94. The SMILES string of the molecule is COc1cc(=O)n(C)cc1C(=O)N1CC(n2cc(C3CC3)nn2)C1. The molecule has 0 aromatic carbocycles. The molecule has 0 atom stereocenters. The van der Waals surface area contributed by atoms with Gasteiger partial charge in [0, 0.05) is 44.5 Å². The van der Waals surface area contributed by atoms with E-state index in [0.29, 0.717) is 30.3 Å². The molecule has 8 heteroatoms. The summed E-state index contributed by atoms with van der Waals surface area (Å²) in [6.45, 7) is 1.16. The molecule has 3 heterocycles. The first-order valence-corrected chi connectivity index (χ1v) is 8.02. The van der Waals surface area contributed by atoms with Gasteiger partial charge in [-0.25, -0.2) is 4.68 Å². The van der Waals surface area contributed by atoms with E-state index >= 15 is 0 Å². The van der Waals surface area contributed by atoms with Gasteiger partial charge in [-0.3, -0.25) is 9.59 Å². The number of hydrogen-bond donors (Lipinski definition) is 0. The molecule has 8 nitrogen and oxygen atoms in total. The smallest absolute Gasteiger partial charge is 0.259 e. The number of carbonyl (C=O) groups is 1. The molecule has 0 unspecified atom stereocenters. The summed E-state index contributed by atoms with van der Waals surface area (Å²) in [6, 6.07) is 1.50. The van der Waals surface area contributed by atoms with Crippen LogP contribution in [0.15, 0.2) is 23.3 Å². The van der Waals surface area contributed by atoms with E-state index in [1.165, 1.54) is 36.8 Å². The maximum absolute atomic E-state index is 12.7. The van der Waals surface area contributed by atoms with Gasteiger partial charge in [-0.2, -0.15) is 0 Å². The van der Waals surface area contributed by atoms with Gasteiger partial charge < -0.3 is 14.2 Å². The minimum absolute atomic E-state index is 0.138. The molecule has 1 amide bonds. The normalized spacial score (nSPS) is 17.7. The fraction of sp³-hybridized carbons (Fsp3) is 0.500. The molecule has 2 fully saturated rings. The van der Waals surface area contributed by atoms with E-state index in [2.05, 4.69) is 10.3 Å². The Balaban J connectivity index is 1.47.